The van der Waals surface area contributed by atoms with Crippen molar-refractivity contribution in [3.8, 4) is 0 Å². The molecule has 1 radical (unpaired) electrons. The Morgan fingerprint density at radius 3 is 2.75 bits per heavy atom. The maximum atomic E-state index is 10.6. The van der Waals surface area contributed by atoms with Crippen LogP contribution in [0.1, 0.15) is 12.8 Å². The van der Waals surface area contributed by atoms with Crippen molar-refractivity contribution in [2.24, 2.45) is 0 Å². The topological polar surface area (TPSA) is 20.3 Å². The van der Waals surface area contributed by atoms with Gasteiger partial charge in [-0.25, -0.2) is 0 Å². The highest BCUT2D eigenvalue weighted by Gasteiger charge is 2.11. The summed E-state index contributed by atoms with van der Waals surface area (Å²) in [6.07, 6.45) is 1.74. The molecule has 0 atom stereocenters. The number of rotatable bonds is 0. The van der Waals surface area contributed by atoms with Gasteiger partial charge in [-0.3, -0.25) is 9.69 Å². The van der Waals surface area contributed by atoms with E-state index >= 15 is 0 Å². The zero-order chi connectivity index (χ0) is 5.98. The second-order valence-electron chi connectivity index (χ2n) is 2.19. The maximum Gasteiger partial charge on any atom is 0.146 e. The van der Waals surface area contributed by atoms with Gasteiger partial charge >= 0.3 is 0 Å². The summed E-state index contributed by atoms with van der Waals surface area (Å²) >= 11 is 0. The minimum Gasteiger partial charge on any atom is -0.298 e. The molecular weight excluding hydrogens is 102 g/mol. The molecule has 0 unspecified atom stereocenters. The molecule has 0 saturated carbocycles. The van der Waals surface area contributed by atoms with Crippen LogP contribution < -0.4 is 0 Å². The van der Waals surface area contributed by atoms with Gasteiger partial charge in [0.25, 0.3) is 0 Å². The lowest BCUT2D eigenvalue weighted by atomic mass is 10.1. The van der Waals surface area contributed by atoms with Gasteiger partial charge in [0.05, 0.1) is 6.54 Å². The fourth-order valence-corrected chi connectivity index (χ4v) is 0.907. The number of hydrogen-bond acceptors (Lipinski definition) is 2. The van der Waals surface area contributed by atoms with E-state index in [2.05, 4.69) is 7.05 Å². The monoisotopic (exact) mass is 112 g/mol. The Morgan fingerprint density at radius 2 is 2.38 bits per heavy atom. The van der Waals surface area contributed by atoms with E-state index < -0.39 is 0 Å². The number of nitrogens with zero attached hydrogens (tertiary/aromatic N) is 1. The van der Waals surface area contributed by atoms with Gasteiger partial charge in [0, 0.05) is 13.5 Å². The molecule has 1 rings (SSSR count). The van der Waals surface area contributed by atoms with Crippen LogP contribution in [0.4, 0.5) is 0 Å². The van der Waals surface area contributed by atoms with Gasteiger partial charge in [-0.1, -0.05) is 0 Å². The van der Waals surface area contributed by atoms with Crippen LogP contribution in [0.25, 0.3) is 0 Å². The average Bonchev–Trinajstić information content (AvgIpc) is 1.64. The number of ketones is 1. The second kappa shape index (κ2) is 2.27. The molecule has 1 heterocycles. The van der Waals surface area contributed by atoms with Crippen molar-refractivity contribution in [1.82, 2.24) is 4.90 Å². The van der Waals surface area contributed by atoms with Crippen molar-refractivity contribution in [3.05, 3.63) is 7.05 Å². The van der Waals surface area contributed by atoms with Crippen molar-refractivity contribution < 1.29 is 4.79 Å². The van der Waals surface area contributed by atoms with Crippen LogP contribution in [0.3, 0.4) is 0 Å². The molecule has 0 spiro atoms. The number of likely N-dealkylation sites (tertiary alicyclic amines) is 1. The lowest BCUT2D eigenvalue weighted by molar-refractivity contribution is -0.121. The van der Waals surface area contributed by atoms with Crippen LogP contribution in [0.5, 0.6) is 0 Å². The van der Waals surface area contributed by atoms with Crippen molar-refractivity contribution >= 4 is 5.78 Å². The number of carbonyl (C=O) groups is 1. The largest absolute Gasteiger partial charge is 0.298 e. The molecule has 1 aliphatic rings. The third-order valence-electron chi connectivity index (χ3n) is 1.33. The van der Waals surface area contributed by atoms with Gasteiger partial charge in [0.2, 0.25) is 0 Å². The van der Waals surface area contributed by atoms with Crippen LogP contribution in [-0.2, 0) is 4.79 Å². The quantitative estimate of drug-likeness (QED) is 0.453. The third kappa shape index (κ3) is 1.30. The highest BCUT2D eigenvalue weighted by molar-refractivity contribution is 5.81. The first-order valence-electron chi connectivity index (χ1n) is 2.86. The van der Waals surface area contributed by atoms with Gasteiger partial charge in [0.15, 0.2) is 0 Å². The van der Waals surface area contributed by atoms with E-state index in [-0.39, 0.29) is 0 Å². The fourth-order valence-electron chi connectivity index (χ4n) is 0.907. The third-order valence-corrected chi connectivity index (χ3v) is 1.33. The Kier molecular flexibility index (Phi) is 1.63. The minimum atomic E-state index is 0.325. The van der Waals surface area contributed by atoms with E-state index in [1.165, 1.54) is 0 Å². The predicted molar refractivity (Wildman–Crippen MR) is 31.2 cm³/mol. The normalized spacial score (nSPS) is 23.9. The molecule has 0 N–H and O–H groups in total. The second-order valence-corrected chi connectivity index (χ2v) is 2.19. The lowest BCUT2D eigenvalue weighted by Crippen LogP contribution is -2.30. The highest BCUT2D eigenvalue weighted by atomic mass is 16.1. The van der Waals surface area contributed by atoms with Crippen molar-refractivity contribution in [2.75, 3.05) is 13.1 Å². The van der Waals surface area contributed by atoms with Crippen LogP contribution in [0.15, 0.2) is 0 Å². The highest BCUT2D eigenvalue weighted by Crippen LogP contribution is 2.02. The molecule has 0 amide bonds. The Morgan fingerprint density at radius 1 is 1.62 bits per heavy atom. The fraction of sp³-hybridized carbons (Fsp3) is 0.667. The number of carbonyl (C=O) groups excluding carboxylic acids is 1. The number of Topliss-reactive ketones (excluding diaryl/α,β-unsaturated/α-hetero) is 1. The summed E-state index contributed by atoms with van der Waals surface area (Å²) < 4.78 is 0. The van der Waals surface area contributed by atoms with E-state index in [1.54, 1.807) is 0 Å². The van der Waals surface area contributed by atoms with Gasteiger partial charge in [0.1, 0.15) is 5.78 Å². The molecule has 1 aliphatic heterocycles. The predicted octanol–water partition coefficient (Wildman–Crippen LogP) is 0.443. The summed E-state index contributed by atoms with van der Waals surface area (Å²) in [6.45, 7) is 1.53. The van der Waals surface area contributed by atoms with E-state index in [0.717, 1.165) is 19.4 Å². The van der Waals surface area contributed by atoms with Crippen molar-refractivity contribution in [3.63, 3.8) is 0 Å². The molecule has 0 bridgehead atoms. The molecule has 0 aromatic carbocycles. The van der Waals surface area contributed by atoms with Crippen LogP contribution in [0.2, 0.25) is 0 Å². The van der Waals surface area contributed by atoms with E-state index in [1.807, 2.05) is 4.90 Å². The van der Waals surface area contributed by atoms with Gasteiger partial charge in [-0.05, 0) is 13.0 Å². The number of piperidine rings is 1. The molecule has 1 saturated heterocycles. The van der Waals surface area contributed by atoms with Gasteiger partial charge < -0.3 is 0 Å². The van der Waals surface area contributed by atoms with Crippen LogP contribution >= 0.6 is 0 Å². The first-order valence-corrected chi connectivity index (χ1v) is 2.86. The van der Waals surface area contributed by atoms with E-state index in [9.17, 15) is 4.79 Å². The summed E-state index contributed by atoms with van der Waals surface area (Å²) in [5.41, 5.74) is 0. The minimum absolute atomic E-state index is 0.325. The summed E-state index contributed by atoms with van der Waals surface area (Å²) in [7, 11) is 3.66. The van der Waals surface area contributed by atoms with Gasteiger partial charge in [-0.2, -0.15) is 0 Å². The average molecular weight is 112 g/mol. The molecule has 2 nitrogen and oxygen atoms in total. The molecule has 45 valence electrons. The Hall–Kier alpha value is -0.370. The molecule has 2 heteroatoms. The Labute approximate surface area is 49.5 Å². The standard InChI is InChI=1S/C6H10NO/c1-7-4-2-3-6(8)5-7/h1-5H2. The molecule has 0 aromatic rings. The van der Waals surface area contributed by atoms with Crippen LogP contribution in [-0.4, -0.2) is 23.8 Å². The lowest BCUT2D eigenvalue weighted by Gasteiger charge is -2.19. The maximum absolute atomic E-state index is 10.6. The van der Waals surface area contributed by atoms with E-state index in [4.69, 9.17) is 0 Å². The summed E-state index contributed by atoms with van der Waals surface area (Å²) in [4.78, 5) is 12.4. The zero-order valence-corrected chi connectivity index (χ0v) is 4.89. The zero-order valence-electron chi connectivity index (χ0n) is 4.89. The van der Waals surface area contributed by atoms with Crippen LogP contribution in [0, 0.1) is 7.05 Å². The van der Waals surface area contributed by atoms with Gasteiger partial charge in [-0.15, -0.1) is 0 Å². The molecule has 0 aliphatic carbocycles. The SMILES string of the molecule is [CH2]N1CCCC(=O)C1. The summed E-state index contributed by atoms with van der Waals surface area (Å²) in [6, 6.07) is 0. The first-order chi connectivity index (χ1) is 3.79. The Balaban J connectivity index is 2.34. The van der Waals surface area contributed by atoms with Crippen molar-refractivity contribution in [2.45, 2.75) is 12.8 Å². The molecule has 1 fully saturated rings. The number of hydrogen-bond donors (Lipinski definition) is 0. The Bertz CT molecular complexity index is 101. The molecule has 8 heavy (non-hydrogen) atoms. The summed E-state index contributed by atoms with van der Waals surface area (Å²) in [5.74, 6) is 0.325. The molecule has 0 aromatic heterocycles. The summed E-state index contributed by atoms with van der Waals surface area (Å²) in [5, 5.41) is 0. The van der Waals surface area contributed by atoms with Crippen molar-refractivity contribution in [1.29, 1.82) is 0 Å². The van der Waals surface area contributed by atoms with E-state index in [0.29, 0.717) is 12.3 Å². The first kappa shape index (κ1) is 5.76. The smallest absolute Gasteiger partial charge is 0.146 e. The molecular formula is C6H10NO.